The molecule has 2 rings (SSSR count). The second-order valence-corrected chi connectivity index (χ2v) is 6.50. The lowest BCUT2D eigenvalue weighted by molar-refractivity contribution is -0.115. The van der Waals surface area contributed by atoms with Gasteiger partial charge in [0.25, 0.3) is 0 Å². The van der Waals surface area contributed by atoms with Gasteiger partial charge in [0.2, 0.25) is 11.8 Å². The van der Waals surface area contributed by atoms with Crippen LogP contribution in [0.15, 0.2) is 34.9 Å². The smallest absolute Gasteiger partial charge is 0.240 e. The van der Waals surface area contributed by atoms with E-state index in [0.717, 1.165) is 5.69 Å². The van der Waals surface area contributed by atoms with Crippen molar-refractivity contribution >= 4 is 11.8 Å². The van der Waals surface area contributed by atoms with Crippen molar-refractivity contribution in [1.82, 2.24) is 10.5 Å². The Morgan fingerprint density at radius 2 is 2.04 bits per heavy atom. The molecule has 1 aromatic carbocycles. The van der Waals surface area contributed by atoms with Crippen LogP contribution in [0.3, 0.4) is 0 Å². The van der Waals surface area contributed by atoms with Gasteiger partial charge in [0.15, 0.2) is 0 Å². The van der Waals surface area contributed by atoms with Gasteiger partial charge in [-0.2, -0.15) is 0 Å². The Balaban J connectivity index is 1.88. The van der Waals surface area contributed by atoms with E-state index in [1.165, 1.54) is 6.07 Å². The van der Waals surface area contributed by atoms with Crippen molar-refractivity contribution in [2.45, 2.75) is 39.2 Å². The Hall–Kier alpha value is -2.21. The summed E-state index contributed by atoms with van der Waals surface area (Å²) in [7, 11) is 0. The van der Waals surface area contributed by atoms with Crippen molar-refractivity contribution in [2.75, 3.05) is 11.9 Å². The lowest BCUT2D eigenvalue weighted by Gasteiger charge is -2.14. The Kier molecular flexibility index (Phi) is 5.15. The highest BCUT2D eigenvalue weighted by Crippen LogP contribution is 2.23. The molecular formula is C17H22FN3O2. The summed E-state index contributed by atoms with van der Waals surface area (Å²) in [5.74, 6) is -0.261. The first kappa shape index (κ1) is 17.1. The largest absolute Gasteiger partial charge is 0.338 e. The van der Waals surface area contributed by atoms with Gasteiger partial charge in [0.1, 0.15) is 5.82 Å². The molecule has 1 amide bonds. The van der Waals surface area contributed by atoms with Crippen LogP contribution in [0.5, 0.6) is 0 Å². The zero-order valence-corrected chi connectivity index (χ0v) is 13.8. The van der Waals surface area contributed by atoms with Gasteiger partial charge < -0.3 is 9.84 Å². The molecule has 6 heteroatoms. The van der Waals surface area contributed by atoms with E-state index >= 15 is 0 Å². The lowest BCUT2D eigenvalue weighted by atomic mass is 9.92. The average Bonchev–Trinajstić information content (AvgIpc) is 2.94. The number of halogens is 1. The SMILES string of the molecule is CC(NCC(=O)Nc1cc(C(C)(C)C)no1)c1ccccc1F. The number of aromatic nitrogens is 1. The summed E-state index contributed by atoms with van der Waals surface area (Å²) >= 11 is 0. The molecule has 2 aromatic rings. The van der Waals surface area contributed by atoms with E-state index in [1.54, 1.807) is 31.2 Å². The summed E-state index contributed by atoms with van der Waals surface area (Å²) in [6, 6.07) is 7.92. The predicted octanol–water partition coefficient (Wildman–Crippen LogP) is 3.40. The minimum atomic E-state index is -0.294. The van der Waals surface area contributed by atoms with Crippen LogP contribution in [0.1, 0.15) is 45.0 Å². The molecule has 0 bridgehead atoms. The Morgan fingerprint density at radius 1 is 1.35 bits per heavy atom. The number of anilines is 1. The number of hydrogen-bond donors (Lipinski definition) is 2. The Bertz CT molecular complexity index is 676. The zero-order valence-electron chi connectivity index (χ0n) is 13.8. The topological polar surface area (TPSA) is 67.2 Å². The van der Waals surface area contributed by atoms with E-state index in [9.17, 15) is 9.18 Å². The van der Waals surface area contributed by atoms with Crippen LogP contribution in [0, 0.1) is 5.82 Å². The molecule has 0 aliphatic heterocycles. The fourth-order valence-electron chi connectivity index (χ4n) is 2.05. The van der Waals surface area contributed by atoms with Crippen LogP contribution in [0.2, 0.25) is 0 Å². The fourth-order valence-corrected chi connectivity index (χ4v) is 2.05. The van der Waals surface area contributed by atoms with E-state index in [-0.39, 0.29) is 29.7 Å². The van der Waals surface area contributed by atoms with Gasteiger partial charge in [-0.15, -0.1) is 0 Å². The Morgan fingerprint density at radius 3 is 2.65 bits per heavy atom. The van der Waals surface area contributed by atoms with E-state index in [2.05, 4.69) is 15.8 Å². The van der Waals surface area contributed by atoms with Crippen LogP contribution in [0.4, 0.5) is 10.3 Å². The van der Waals surface area contributed by atoms with Gasteiger partial charge in [0, 0.05) is 23.1 Å². The summed E-state index contributed by atoms with van der Waals surface area (Å²) in [6.45, 7) is 7.87. The molecule has 0 saturated carbocycles. The molecule has 1 heterocycles. The third-order valence-electron chi connectivity index (χ3n) is 3.48. The molecular weight excluding hydrogens is 297 g/mol. The molecule has 124 valence electrons. The van der Waals surface area contributed by atoms with E-state index < -0.39 is 0 Å². The summed E-state index contributed by atoms with van der Waals surface area (Å²) in [6.07, 6.45) is 0. The number of carbonyl (C=O) groups excluding carboxylic acids is 1. The molecule has 5 nitrogen and oxygen atoms in total. The summed E-state index contributed by atoms with van der Waals surface area (Å²) in [5, 5.41) is 9.55. The van der Waals surface area contributed by atoms with Crippen molar-refractivity contribution in [3.8, 4) is 0 Å². The average molecular weight is 319 g/mol. The number of benzene rings is 1. The maximum absolute atomic E-state index is 13.7. The highest BCUT2D eigenvalue weighted by Gasteiger charge is 2.20. The number of hydrogen-bond acceptors (Lipinski definition) is 4. The minimum absolute atomic E-state index is 0.0427. The highest BCUT2D eigenvalue weighted by molar-refractivity contribution is 5.91. The van der Waals surface area contributed by atoms with Crippen LogP contribution in [-0.4, -0.2) is 17.6 Å². The van der Waals surface area contributed by atoms with Crippen LogP contribution >= 0.6 is 0 Å². The molecule has 23 heavy (non-hydrogen) atoms. The quantitative estimate of drug-likeness (QED) is 0.886. The zero-order chi connectivity index (χ0) is 17.0. The first-order valence-electron chi connectivity index (χ1n) is 7.52. The van der Waals surface area contributed by atoms with Crippen molar-refractivity contribution in [3.05, 3.63) is 47.4 Å². The molecule has 0 aliphatic carbocycles. The van der Waals surface area contributed by atoms with Crippen molar-refractivity contribution < 1.29 is 13.7 Å². The predicted molar refractivity (Wildman–Crippen MR) is 86.7 cm³/mol. The molecule has 0 saturated heterocycles. The fraction of sp³-hybridized carbons (Fsp3) is 0.412. The molecule has 0 spiro atoms. The van der Waals surface area contributed by atoms with Gasteiger partial charge in [-0.3, -0.25) is 10.1 Å². The number of amides is 1. The maximum Gasteiger partial charge on any atom is 0.240 e. The normalized spacial score (nSPS) is 12.9. The van der Waals surface area contributed by atoms with Crippen molar-refractivity contribution in [3.63, 3.8) is 0 Å². The summed E-state index contributed by atoms with van der Waals surface area (Å²) < 4.78 is 18.8. The number of carbonyl (C=O) groups is 1. The molecule has 0 aliphatic rings. The van der Waals surface area contributed by atoms with Crippen LogP contribution < -0.4 is 10.6 Å². The maximum atomic E-state index is 13.7. The van der Waals surface area contributed by atoms with Gasteiger partial charge in [0.05, 0.1) is 12.2 Å². The second kappa shape index (κ2) is 6.91. The first-order chi connectivity index (χ1) is 10.8. The highest BCUT2D eigenvalue weighted by atomic mass is 19.1. The van der Waals surface area contributed by atoms with Gasteiger partial charge in [-0.1, -0.05) is 44.1 Å². The van der Waals surface area contributed by atoms with Gasteiger partial charge in [-0.25, -0.2) is 4.39 Å². The van der Waals surface area contributed by atoms with Crippen LogP contribution in [-0.2, 0) is 10.2 Å². The number of nitrogens with one attached hydrogen (secondary N) is 2. The summed E-state index contributed by atoms with van der Waals surface area (Å²) in [5.41, 5.74) is 1.14. The van der Waals surface area contributed by atoms with Crippen LogP contribution in [0.25, 0.3) is 0 Å². The minimum Gasteiger partial charge on any atom is -0.338 e. The van der Waals surface area contributed by atoms with Crippen molar-refractivity contribution in [2.24, 2.45) is 0 Å². The summed E-state index contributed by atoms with van der Waals surface area (Å²) in [4.78, 5) is 11.9. The molecule has 0 radical (unpaired) electrons. The third kappa shape index (κ3) is 4.63. The Labute approximate surface area is 135 Å². The third-order valence-corrected chi connectivity index (χ3v) is 3.48. The van der Waals surface area contributed by atoms with E-state index in [1.807, 2.05) is 20.8 Å². The number of rotatable bonds is 5. The standard InChI is InChI=1S/C17H22FN3O2/c1-11(12-7-5-6-8-13(12)18)19-10-15(22)20-16-9-14(21-23-16)17(2,3)4/h5-9,11,19H,10H2,1-4H3,(H,20,22). The molecule has 1 unspecified atom stereocenters. The monoisotopic (exact) mass is 319 g/mol. The lowest BCUT2D eigenvalue weighted by Crippen LogP contribution is -2.30. The van der Waals surface area contributed by atoms with E-state index in [4.69, 9.17) is 4.52 Å². The second-order valence-electron chi connectivity index (χ2n) is 6.50. The van der Waals surface area contributed by atoms with Crippen molar-refractivity contribution in [1.29, 1.82) is 0 Å². The molecule has 2 N–H and O–H groups in total. The molecule has 1 aromatic heterocycles. The first-order valence-corrected chi connectivity index (χ1v) is 7.52. The van der Waals surface area contributed by atoms with Gasteiger partial charge in [-0.05, 0) is 13.0 Å². The van der Waals surface area contributed by atoms with E-state index in [0.29, 0.717) is 11.4 Å². The molecule has 0 fully saturated rings. The van der Waals surface area contributed by atoms with Gasteiger partial charge >= 0.3 is 0 Å². The number of nitrogens with zero attached hydrogens (tertiary/aromatic N) is 1. The molecule has 1 atom stereocenters.